The first-order valence-electron chi connectivity index (χ1n) is 6.37. The fourth-order valence-corrected chi connectivity index (χ4v) is 1.77. The summed E-state index contributed by atoms with van der Waals surface area (Å²) < 4.78 is 10.5. The number of amides is 1. The lowest BCUT2D eigenvalue weighted by Crippen LogP contribution is -2.14. The summed E-state index contributed by atoms with van der Waals surface area (Å²) in [5.41, 5.74) is 2.69. The maximum atomic E-state index is 11.5. The topological polar surface area (TPSA) is 47.6 Å². The van der Waals surface area contributed by atoms with Crippen LogP contribution < -0.4 is 10.1 Å². The Morgan fingerprint density at radius 3 is 2.47 bits per heavy atom. The minimum atomic E-state index is -0.457. The highest BCUT2D eigenvalue weighted by molar-refractivity contribution is 5.85. The molecule has 0 aliphatic carbocycles. The molecule has 0 aliphatic rings. The Balaban J connectivity index is 2.72. The highest BCUT2D eigenvalue weighted by Crippen LogP contribution is 2.27. The van der Waals surface area contributed by atoms with Crippen molar-refractivity contribution >= 4 is 11.8 Å². The second-order valence-electron chi connectivity index (χ2n) is 4.16. The van der Waals surface area contributed by atoms with Gasteiger partial charge in [0.15, 0.2) is 0 Å². The predicted molar refractivity (Wildman–Crippen MR) is 76.9 cm³/mol. The number of allylic oxidation sites excluding steroid dienone is 1. The number of anilines is 1. The van der Waals surface area contributed by atoms with Crippen LogP contribution in [-0.2, 0) is 4.74 Å². The Morgan fingerprint density at radius 2 is 1.95 bits per heavy atom. The quantitative estimate of drug-likeness (QED) is 0.821. The number of hydrogen-bond donors (Lipinski definition) is 1. The average Bonchev–Trinajstić information content (AvgIpc) is 2.34. The molecule has 0 saturated carbocycles. The summed E-state index contributed by atoms with van der Waals surface area (Å²) in [7, 11) is 0. The minimum Gasteiger partial charge on any atom is -0.493 e. The number of carbonyl (C=O) groups is 1. The van der Waals surface area contributed by atoms with Crippen molar-refractivity contribution in [3.8, 4) is 5.75 Å². The molecule has 1 rings (SSSR count). The summed E-state index contributed by atoms with van der Waals surface area (Å²) in [6.45, 7) is 8.63. The van der Waals surface area contributed by atoms with Crippen LogP contribution in [0.1, 0.15) is 25.0 Å². The molecule has 0 fully saturated rings. The summed E-state index contributed by atoms with van der Waals surface area (Å²) in [5.74, 6) is 0.871. The van der Waals surface area contributed by atoms with Gasteiger partial charge in [-0.25, -0.2) is 4.79 Å². The van der Waals surface area contributed by atoms with Gasteiger partial charge < -0.3 is 9.47 Å². The molecular weight excluding hydrogens is 242 g/mol. The molecule has 0 atom stereocenters. The first-order valence-corrected chi connectivity index (χ1v) is 6.37. The Labute approximate surface area is 114 Å². The number of ether oxygens (including phenoxy) is 2. The molecule has 104 valence electrons. The molecule has 0 spiro atoms. The van der Waals surface area contributed by atoms with Gasteiger partial charge in [0, 0.05) is 5.69 Å². The number of rotatable bonds is 5. The van der Waals surface area contributed by atoms with Crippen molar-refractivity contribution in [2.45, 2.75) is 27.7 Å². The number of nitrogens with one attached hydrogen (secondary N) is 1. The lowest BCUT2D eigenvalue weighted by Gasteiger charge is -2.13. The second kappa shape index (κ2) is 7.46. The molecule has 1 N–H and O–H groups in total. The van der Waals surface area contributed by atoms with E-state index in [-0.39, 0.29) is 6.61 Å². The van der Waals surface area contributed by atoms with E-state index in [0.717, 1.165) is 16.9 Å². The SMILES string of the molecule is CC=CCOC(=O)Nc1cc(C)c(OCC)c(C)c1. The molecule has 0 saturated heterocycles. The zero-order valence-electron chi connectivity index (χ0n) is 11.9. The molecule has 0 unspecified atom stereocenters. The van der Waals surface area contributed by atoms with Crippen LogP contribution in [0.15, 0.2) is 24.3 Å². The van der Waals surface area contributed by atoms with Crippen LogP contribution in [-0.4, -0.2) is 19.3 Å². The highest BCUT2D eigenvalue weighted by atomic mass is 16.5. The fourth-order valence-electron chi connectivity index (χ4n) is 1.77. The third kappa shape index (κ3) is 4.66. The van der Waals surface area contributed by atoms with E-state index in [2.05, 4.69) is 5.32 Å². The van der Waals surface area contributed by atoms with Crippen LogP contribution in [0.25, 0.3) is 0 Å². The van der Waals surface area contributed by atoms with Crippen molar-refractivity contribution in [1.29, 1.82) is 0 Å². The summed E-state index contributed by atoms with van der Waals surface area (Å²) >= 11 is 0. The van der Waals surface area contributed by atoms with Gasteiger partial charge in [0.1, 0.15) is 12.4 Å². The molecule has 4 nitrogen and oxygen atoms in total. The molecule has 19 heavy (non-hydrogen) atoms. The van der Waals surface area contributed by atoms with E-state index >= 15 is 0 Å². The summed E-state index contributed by atoms with van der Waals surface area (Å²) in [4.78, 5) is 11.5. The van der Waals surface area contributed by atoms with Crippen molar-refractivity contribution < 1.29 is 14.3 Å². The van der Waals surface area contributed by atoms with Gasteiger partial charge in [-0.2, -0.15) is 0 Å². The van der Waals surface area contributed by atoms with E-state index < -0.39 is 6.09 Å². The largest absolute Gasteiger partial charge is 0.493 e. The van der Waals surface area contributed by atoms with Crippen LogP contribution in [0.4, 0.5) is 10.5 Å². The van der Waals surface area contributed by atoms with E-state index in [4.69, 9.17) is 9.47 Å². The lowest BCUT2D eigenvalue weighted by atomic mass is 10.1. The van der Waals surface area contributed by atoms with Crippen LogP contribution in [0, 0.1) is 13.8 Å². The Hall–Kier alpha value is -1.97. The van der Waals surface area contributed by atoms with E-state index in [9.17, 15) is 4.79 Å². The van der Waals surface area contributed by atoms with E-state index in [1.165, 1.54) is 0 Å². The third-order valence-corrected chi connectivity index (χ3v) is 2.54. The zero-order valence-corrected chi connectivity index (χ0v) is 11.9. The Kier molecular flexibility index (Phi) is 5.93. The first kappa shape index (κ1) is 15.1. The van der Waals surface area contributed by atoms with Crippen molar-refractivity contribution in [2.24, 2.45) is 0 Å². The van der Waals surface area contributed by atoms with Gasteiger partial charge in [-0.05, 0) is 51.0 Å². The van der Waals surface area contributed by atoms with E-state index in [1.807, 2.05) is 45.9 Å². The minimum absolute atomic E-state index is 0.275. The van der Waals surface area contributed by atoms with Gasteiger partial charge >= 0.3 is 6.09 Å². The third-order valence-electron chi connectivity index (χ3n) is 2.54. The van der Waals surface area contributed by atoms with Gasteiger partial charge in [-0.1, -0.05) is 12.2 Å². The lowest BCUT2D eigenvalue weighted by molar-refractivity contribution is 0.174. The zero-order chi connectivity index (χ0) is 14.3. The summed E-state index contributed by atoms with van der Waals surface area (Å²) in [5, 5.41) is 2.70. The van der Waals surface area contributed by atoms with Gasteiger partial charge in [0.2, 0.25) is 0 Å². The predicted octanol–water partition coefficient (Wildman–Crippen LogP) is 3.83. The van der Waals surface area contributed by atoms with Crippen LogP contribution in [0.2, 0.25) is 0 Å². The Morgan fingerprint density at radius 1 is 1.32 bits per heavy atom. The van der Waals surface area contributed by atoms with E-state index in [1.54, 1.807) is 6.08 Å². The van der Waals surface area contributed by atoms with Crippen molar-refractivity contribution in [1.82, 2.24) is 0 Å². The summed E-state index contributed by atoms with van der Waals surface area (Å²) in [6.07, 6.45) is 3.15. The second-order valence-corrected chi connectivity index (χ2v) is 4.16. The van der Waals surface area contributed by atoms with Crippen molar-refractivity contribution in [3.05, 3.63) is 35.4 Å². The maximum Gasteiger partial charge on any atom is 0.411 e. The highest BCUT2D eigenvalue weighted by Gasteiger charge is 2.08. The molecule has 1 aromatic carbocycles. The fraction of sp³-hybridized carbons (Fsp3) is 0.400. The monoisotopic (exact) mass is 263 g/mol. The summed E-state index contributed by atoms with van der Waals surface area (Å²) in [6, 6.07) is 3.74. The molecule has 1 aromatic rings. The first-order chi connectivity index (χ1) is 9.08. The molecular formula is C15H21NO3. The molecule has 4 heteroatoms. The molecule has 0 bridgehead atoms. The number of carbonyl (C=O) groups excluding carboxylic acids is 1. The van der Waals surface area contributed by atoms with E-state index in [0.29, 0.717) is 12.3 Å². The van der Waals surface area contributed by atoms with Crippen molar-refractivity contribution in [3.63, 3.8) is 0 Å². The van der Waals surface area contributed by atoms with Crippen LogP contribution in [0.5, 0.6) is 5.75 Å². The molecule has 0 aromatic heterocycles. The van der Waals surface area contributed by atoms with Crippen molar-refractivity contribution in [2.75, 3.05) is 18.5 Å². The normalized spacial score (nSPS) is 10.5. The maximum absolute atomic E-state index is 11.5. The van der Waals surface area contributed by atoms with Crippen LogP contribution in [0.3, 0.4) is 0 Å². The molecule has 1 amide bonds. The molecule has 0 aliphatic heterocycles. The number of aryl methyl sites for hydroxylation is 2. The number of benzene rings is 1. The van der Waals surface area contributed by atoms with Gasteiger partial charge in [-0.3, -0.25) is 5.32 Å². The smallest absolute Gasteiger partial charge is 0.411 e. The Bertz CT molecular complexity index is 443. The van der Waals surface area contributed by atoms with Gasteiger partial charge in [0.05, 0.1) is 6.61 Å². The average molecular weight is 263 g/mol. The van der Waals surface area contributed by atoms with Gasteiger partial charge in [-0.15, -0.1) is 0 Å². The van der Waals surface area contributed by atoms with Crippen LogP contribution >= 0.6 is 0 Å². The number of hydrogen-bond acceptors (Lipinski definition) is 3. The molecule has 0 heterocycles. The standard InChI is InChI=1S/C15H21NO3/c1-5-7-8-19-15(17)16-13-9-11(3)14(18-6-2)12(4)10-13/h5,7,9-10H,6,8H2,1-4H3,(H,16,17). The molecule has 0 radical (unpaired) electrons. The van der Waals surface area contributed by atoms with Gasteiger partial charge in [0.25, 0.3) is 0 Å².